The Morgan fingerprint density at radius 1 is 1.28 bits per heavy atom. The summed E-state index contributed by atoms with van der Waals surface area (Å²) < 4.78 is 5.15. The molecule has 0 spiro atoms. The number of thioether (sulfide) groups is 1. The van der Waals surface area contributed by atoms with Crippen LogP contribution >= 0.6 is 11.8 Å². The summed E-state index contributed by atoms with van der Waals surface area (Å²) in [5, 5.41) is 3.21. The second-order valence-corrected chi connectivity index (χ2v) is 5.23. The number of ether oxygens (including phenoxy) is 1. The van der Waals surface area contributed by atoms with Crippen molar-refractivity contribution >= 4 is 23.7 Å². The van der Waals surface area contributed by atoms with Crippen molar-refractivity contribution in [2.24, 2.45) is 0 Å². The molecule has 0 aliphatic carbocycles. The standard InChI is InChI=1S/C11H21N5OS/c1-5-11(6-2,18-4)7-13-9-14-8(12)15-10(16-9)17-3/h5-7H2,1-4H3,(H3,12,13,14,15,16). The van der Waals surface area contributed by atoms with E-state index in [0.717, 1.165) is 19.4 Å². The van der Waals surface area contributed by atoms with Gasteiger partial charge < -0.3 is 15.8 Å². The second kappa shape index (κ2) is 6.63. The number of nitrogens with two attached hydrogens (primary N) is 1. The Labute approximate surface area is 112 Å². The largest absolute Gasteiger partial charge is 0.467 e. The molecule has 6 nitrogen and oxygen atoms in total. The third kappa shape index (κ3) is 3.63. The van der Waals surface area contributed by atoms with Crippen molar-refractivity contribution in [3.8, 4) is 6.01 Å². The molecule has 0 saturated heterocycles. The van der Waals surface area contributed by atoms with Crippen LogP contribution in [0.5, 0.6) is 6.01 Å². The molecule has 18 heavy (non-hydrogen) atoms. The quantitative estimate of drug-likeness (QED) is 0.782. The molecule has 0 bridgehead atoms. The van der Waals surface area contributed by atoms with Crippen molar-refractivity contribution in [2.75, 3.05) is 31.0 Å². The van der Waals surface area contributed by atoms with Gasteiger partial charge in [0.15, 0.2) is 0 Å². The predicted octanol–water partition coefficient (Wildman–Crippen LogP) is 1.80. The van der Waals surface area contributed by atoms with E-state index >= 15 is 0 Å². The van der Waals surface area contributed by atoms with E-state index in [1.54, 1.807) is 0 Å². The van der Waals surface area contributed by atoms with E-state index in [1.807, 2.05) is 11.8 Å². The molecule has 0 aliphatic rings. The van der Waals surface area contributed by atoms with Crippen LogP contribution in [-0.2, 0) is 0 Å². The maximum atomic E-state index is 5.58. The van der Waals surface area contributed by atoms with Gasteiger partial charge in [-0.15, -0.1) is 0 Å². The molecule has 1 rings (SSSR count). The zero-order valence-electron chi connectivity index (χ0n) is 11.4. The molecule has 0 saturated carbocycles. The lowest BCUT2D eigenvalue weighted by molar-refractivity contribution is 0.379. The summed E-state index contributed by atoms with van der Waals surface area (Å²) in [6.45, 7) is 5.15. The highest BCUT2D eigenvalue weighted by Crippen LogP contribution is 2.30. The monoisotopic (exact) mass is 271 g/mol. The van der Waals surface area contributed by atoms with Crippen molar-refractivity contribution in [3.63, 3.8) is 0 Å². The van der Waals surface area contributed by atoms with Gasteiger partial charge in [0.2, 0.25) is 11.9 Å². The van der Waals surface area contributed by atoms with Crippen LogP contribution < -0.4 is 15.8 Å². The molecule has 0 amide bonds. The Hall–Kier alpha value is -1.24. The molecule has 0 atom stereocenters. The summed E-state index contributed by atoms with van der Waals surface area (Å²) in [5.74, 6) is 0.617. The zero-order chi connectivity index (χ0) is 13.6. The molecule has 7 heteroatoms. The van der Waals surface area contributed by atoms with Gasteiger partial charge in [-0.2, -0.15) is 26.7 Å². The summed E-state index contributed by atoms with van der Waals surface area (Å²) in [5.41, 5.74) is 5.58. The average molecular weight is 271 g/mol. The van der Waals surface area contributed by atoms with Crippen LogP contribution in [0, 0.1) is 0 Å². The Kier molecular flexibility index (Phi) is 5.46. The van der Waals surface area contributed by atoms with Crippen LogP contribution in [0.2, 0.25) is 0 Å². The third-order valence-corrected chi connectivity index (χ3v) is 4.69. The number of aromatic nitrogens is 3. The lowest BCUT2D eigenvalue weighted by Crippen LogP contribution is -2.32. The fourth-order valence-electron chi connectivity index (χ4n) is 1.64. The lowest BCUT2D eigenvalue weighted by atomic mass is 10.0. The first-order valence-corrected chi connectivity index (χ1v) is 7.16. The van der Waals surface area contributed by atoms with Gasteiger partial charge in [0.1, 0.15) is 0 Å². The van der Waals surface area contributed by atoms with E-state index in [4.69, 9.17) is 10.5 Å². The number of hydrogen-bond donors (Lipinski definition) is 2. The summed E-state index contributed by atoms with van der Waals surface area (Å²) >= 11 is 1.85. The number of methoxy groups -OCH3 is 1. The normalized spacial score (nSPS) is 11.3. The molecule has 0 radical (unpaired) electrons. The van der Waals surface area contributed by atoms with Crippen LogP contribution in [0.4, 0.5) is 11.9 Å². The van der Waals surface area contributed by atoms with E-state index in [0.29, 0.717) is 5.95 Å². The van der Waals surface area contributed by atoms with Gasteiger partial charge in [0.05, 0.1) is 7.11 Å². The molecule has 1 aromatic rings. The SMILES string of the molecule is CCC(CC)(CNc1nc(N)nc(OC)n1)SC. The van der Waals surface area contributed by atoms with Crippen molar-refractivity contribution < 1.29 is 4.74 Å². The zero-order valence-corrected chi connectivity index (χ0v) is 12.2. The van der Waals surface area contributed by atoms with E-state index < -0.39 is 0 Å². The fraction of sp³-hybridized carbons (Fsp3) is 0.727. The van der Waals surface area contributed by atoms with E-state index in [2.05, 4.69) is 40.4 Å². The first-order valence-electron chi connectivity index (χ1n) is 5.93. The van der Waals surface area contributed by atoms with Crippen LogP contribution in [0.3, 0.4) is 0 Å². The van der Waals surface area contributed by atoms with E-state index in [-0.39, 0.29) is 16.7 Å². The van der Waals surface area contributed by atoms with Crippen LogP contribution in [0.25, 0.3) is 0 Å². The first-order chi connectivity index (χ1) is 8.59. The van der Waals surface area contributed by atoms with Crippen LogP contribution in [0.1, 0.15) is 26.7 Å². The second-order valence-electron chi connectivity index (χ2n) is 3.95. The van der Waals surface area contributed by atoms with E-state index in [1.165, 1.54) is 7.11 Å². The molecule has 3 N–H and O–H groups in total. The number of nitrogens with one attached hydrogen (secondary N) is 1. The number of rotatable bonds is 7. The Morgan fingerprint density at radius 3 is 2.44 bits per heavy atom. The smallest absolute Gasteiger partial charge is 0.322 e. The molecule has 102 valence electrons. The molecule has 1 heterocycles. The summed E-state index contributed by atoms with van der Waals surface area (Å²) in [4.78, 5) is 12.0. The van der Waals surface area contributed by atoms with Gasteiger partial charge in [0.25, 0.3) is 0 Å². The molecule has 0 aromatic carbocycles. The van der Waals surface area contributed by atoms with Gasteiger partial charge in [-0.3, -0.25) is 0 Å². The van der Waals surface area contributed by atoms with Gasteiger partial charge in [-0.1, -0.05) is 13.8 Å². The van der Waals surface area contributed by atoms with Crippen molar-refractivity contribution in [2.45, 2.75) is 31.4 Å². The average Bonchev–Trinajstić information content (AvgIpc) is 2.40. The van der Waals surface area contributed by atoms with Crippen molar-refractivity contribution in [3.05, 3.63) is 0 Å². The van der Waals surface area contributed by atoms with E-state index in [9.17, 15) is 0 Å². The fourth-order valence-corrected chi connectivity index (χ4v) is 2.44. The molecule has 1 aromatic heterocycles. The highest BCUT2D eigenvalue weighted by Gasteiger charge is 2.25. The first kappa shape index (κ1) is 14.8. The van der Waals surface area contributed by atoms with Gasteiger partial charge in [-0.05, 0) is 19.1 Å². The summed E-state index contributed by atoms with van der Waals surface area (Å²) in [6, 6.07) is 0.229. The molecular weight excluding hydrogens is 250 g/mol. The Bertz CT molecular complexity index is 375. The molecule has 0 aliphatic heterocycles. The third-order valence-electron chi connectivity index (χ3n) is 3.11. The minimum Gasteiger partial charge on any atom is -0.467 e. The predicted molar refractivity (Wildman–Crippen MR) is 76.1 cm³/mol. The minimum absolute atomic E-state index is 0.159. The molecule has 0 unspecified atom stereocenters. The summed E-state index contributed by atoms with van der Waals surface area (Å²) in [6.07, 6.45) is 4.28. The molecule has 0 fully saturated rings. The van der Waals surface area contributed by atoms with Gasteiger partial charge in [0, 0.05) is 11.3 Å². The number of hydrogen-bond acceptors (Lipinski definition) is 7. The van der Waals surface area contributed by atoms with Gasteiger partial charge in [-0.25, -0.2) is 0 Å². The highest BCUT2D eigenvalue weighted by atomic mass is 32.2. The summed E-state index contributed by atoms with van der Waals surface area (Å²) in [7, 11) is 1.50. The Balaban J connectivity index is 2.76. The van der Waals surface area contributed by atoms with Gasteiger partial charge >= 0.3 is 6.01 Å². The maximum absolute atomic E-state index is 5.58. The lowest BCUT2D eigenvalue weighted by Gasteiger charge is -2.29. The number of nitrogens with zero attached hydrogens (tertiary/aromatic N) is 3. The molecular formula is C11H21N5OS. The number of nitrogen functional groups attached to an aromatic ring is 1. The maximum Gasteiger partial charge on any atom is 0.322 e. The van der Waals surface area contributed by atoms with Crippen LogP contribution in [0.15, 0.2) is 0 Å². The Morgan fingerprint density at radius 2 is 1.94 bits per heavy atom. The van der Waals surface area contributed by atoms with Crippen LogP contribution in [-0.4, -0.2) is 39.6 Å². The van der Waals surface area contributed by atoms with Crippen molar-refractivity contribution in [1.29, 1.82) is 0 Å². The topological polar surface area (TPSA) is 86.0 Å². The number of anilines is 2. The highest BCUT2D eigenvalue weighted by molar-refractivity contribution is 8.00. The minimum atomic E-state index is 0.159. The van der Waals surface area contributed by atoms with Crippen molar-refractivity contribution in [1.82, 2.24) is 15.0 Å².